The number of carboxylic acid groups (broad SMARTS) is 1. The summed E-state index contributed by atoms with van der Waals surface area (Å²) in [6, 6.07) is 13.7. The van der Waals surface area contributed by atoms with E-state index in [2.05, 4.69) is 50.7 Å². The van der Waals surface area contributed by atoms with Gasteiger partial charge < -0.3 is 14.9 Å². The second-order valence-electron chi connectivity index (χ2n) is 10.5. The van der Waals surface area contributed by atoms with Crippen molar-refractivity contribution in [1.82, 2.24) is 24.9 Å². The monoisotopic (exact) mass is 557 g/mol. The summed E-state index contributed by atoms with van der Waals surface area (Å²) in [6.45, 7) is 5.99. The van der Waals surface area contributed by atoms with Gasteiger partial charge in [-0.15, -0.1) is 16.4 Å². The van der Waals surface area contributed by atoms with Crippen LogP contribution < -0.4 is 4.74 Å². The van der Waals surface area contributed by atoms with Crippen LogP contribution in [0.4, 0.5) is 0 Å². The predicted octanol–water partition coefficient (Wildman–Crippen LogP) is 5.37. The SMILES string of the molecule is CC[C@@H]1CN(Cc2cc(C(CC(=O)O)c3ccc4c(nnn4C)c3C)cc3ccsc23)Cc2nc(O)ccc2O1. The molecule has 0 aliphatic carbocycles. The normalized spacial score (nSPS) is 16.5. The van der Waals surface area contributed by atoms with Gasteiger partial charge in [-0.25, -0.2) is 9.67 Å². The molecule has 1 aliphatic heterocycles. The van der Waals surface area contributed by atoms with Gasteiger partial charge in [0.15, 0.2) is 0 Å². The van der Waals surface area contributed by atoms with Crippen molar-refractivity contribution in [2.75, 3.05) is 6.54 Å². The number of aryl methyl sites for hydroxylation is 2. The van der Waals surface area contributed by atoms with Crippen LogP contribution in [-0.2, 0) is 24.9 Å². The van der Waals surface area contributed by atoms with Crippen molar-refractivity contribution in [1.29, 1.82) is 0 Å². The second kappa shape index (κ2) is 10.5. The third-order valence-electron chi connectivity index (χ3n) is 7.78. The van der Waals surface area contributed by atoms with Gasteiger partial charge in [-0.2, -0.15) is 0 Å². The largest absolute Gasteiger partial charge is 0.493 e. The number of hydrogen-bond acceptors (Lipinski definition) is 8. The molecule has 0 saturated heterocycles. The van der Waals surface area contributed by atoms with Gasteiger partial charge in [0.25, 0.3) is 0 Å². The first-order valence-corrected chi connectivity index (χ1v) is 14.3. The predicted molar refractivity (Wildman–Crippen MR) is 154 cm³/mol. The highest BCUT2D eigenvalue weighted by molar-refractivity contribution is 7.17. The maximum Gasteiger partial charge on any atom is 0.304 e. The number of carbonyl (C=O) groups is 1. The van der Waals surface area contributed by atoms with Gasteiger partial charge in [-0.1, -0.05) is 24.3 Å². The molecule has 1 aliphatic rings. The number of ether oxygens (including phenoxy) is 1. The Hall–Kier alpha value is -4.02. The highest BCUT2D eigenvalue weighted by Gasteiger charge is 2.26. The number of carboxylic acids is 1. The zero-order valence-electron chi connectivity index (χ0n) is 22.7. The molecule has 1 unspecified atom stereocenters. The number of aromatic hydroxyl groups is 1. The number of rotatable bonds is 7. The minimum Gasteiger partial charge on any atom is -0.493 e. The molecule has 2 atom stereocenters. The lowest BCUT2D eigenvalue weighted by molar-refractivity contribution is -0.137. The van der Waals surface area contributed by atoms with Crippen molar-refractivity contribution in [3.63, 3.8) is 0 Å². The van der Waals surface area contributed by atoms with Crippen LogP contribution in [0, 0.1) is 6.92 Å². The molecule has 10 heteroatoms. The van der Waals surface area contributed by atoms with Crippen molar-refractivity contribution >= 4 is 38.4 Å². The number of fused-ring (bicyclic) bond motifs is 3. The van der Waals surface area contributed by atoms with E-state index in [0.29, 0.717) is 31.1 Å². The Morgan fingerprint density at radius 2 is 2.08 bits per heavy atom. The van der Waals surface area contributed by atoms with Gasteiger partial charge in [0.05, 0.1) is 11.9 Å². The molecule has 206 valence electrons. The Balaban J connectivity index is 1.42. The van der Waals surface area contributed by atoms with Crippen LogP contribution in [0.2, 0.25) is 0 Å². The van der Waals surface area contributed by atoms with Crippen molar-refractivity contribution in [2.24, 2.45) is 7.05 Å². The molecular weight excluding hydrogens is 526 g/mol. The van der Waals surface area contributed by atoms with E-state index in [1.54, 1.807) is 28.2 Å². The van der Waals surface area contributed by atoms with Crippen molar-refractivity contribution in [3.05, 3.63) is 75.8 Å². The fourth-order valence-corrected chi connectivity index (χ4v) is 6.65. The van der Waals surface area contributed by atoms with Crippen LogP contribution in [0.15, 0.2) is 47.8 Å². The molecule has 0 saturated carbocycles. The summed E-state index contributed by atoms with van der Waals surface area (Å²) in [5, 5.41) is 31.6. The average molecular weight is 558 g/mol. The number of hydrogen-bond donors (Lipinski definition) is 2. The Bertz CT molecular complexity index is 1730. The summed E-state index contributed by atoms with van der Waals surface area (Å²) in [6.07, 6.45) is 0.805. The number of nitrogens with zero attached hydrogens (tertiary/aromatic N) is 5. The van der Waals surface area contributed by atoms with E-state index >= 15 is 0 Å². The zero-order chi connectivity index (χ0) is 28.0. The lowest BCUT2D eigenvalue weighted by Crippen LogP contribution is -2.32. The molecule has 0 bridgehead atoms. The van der Waals surface area contributed by atoms with Gasteiger partial charge >= 0.3 is 5.97 Å². The van der Waals surface area contributed by atoms with E-state index in [-0.39, 0.29) is 24.3 Å². The second-order valence-corrected chi connectivity index (χ2v) is 11.4. The van der Waals surface area contributed by atoms with Crippen LogP contribution in [-0.4, -0.2) is 53.7 Å². The van der Waals surface area contributed by atoms with E-state index in [9.17, 15) is 15.0 Å². The lowest BCUT2D eigenvalue weighted by Gasteiger charge is -2.25. The van der Waals surface area contributed by atoms with Gasteiger partial charge in [-0.05, 0) is 70.6 Å². The molecule has 6 rings (SSSR count). The average Bonchev–Trinajstić information content (AvgIpc) is 3.51. The number of benzene rings is 2. The van der Waals surface area contributed by atoms with Crippen molar-refractivity contribution in [2.45, 2.75) is 51.8 Å². The first-order chi connectivity index (χ1) is 19.3. The van der Waals surface area contributed by atoms with Gasteiger partial charge in [-0.3, -0.25) is 9.69 Å². The number of aliphatic carboxylic acids is 1. The molecule has 2 N–H and O–H groups in total. The molecule has 9 nitrogen and oxygen atoms in total. The molecular formula is C30H31N5O4S. The molecule has 0 radical (unpaired) electrons. The maximum atomic E-state index is 12.1. The summed E-state index contributed by atoms with van der Waals surface area (Å²) in [5.74, 6) is -0.513. The number of pyridine rings is 1. The van der Waals surface area contributed by atoms with Gasteiger partial charge in [0.1, 0.15) is 23.1 Å². The highest BCUT2D eigenvalue weighted by Crippen LogP contribution is 2.38. The van der Waals surface area contributed by atoms with Crippen LogP contribution in [0.5, 0.6) is 11.6 Å². The molecule has 2 aromatic carbocycles. The molecule has 4 heterocycles. The fraction of sp³-hybridized carbons (Fsp3) is 0.333. The topological polar surface area (TPSA) is 114 Å². The summed E-state index contributed by atoms with van der Waals surface area (Å²) in [5.41, 5.74) is 6.40. The van der Waals surface area contributed by atoms with Crippen molar-refractivity contribution < 1.29 is 19.7 Å². The van der Waals surface area contributed by atoms with E-state index in [1.807, 2.05) is 26.1 Å². The van der Waals surface area contributed by atoms with Gasteiger partial charge in [0, 0.05) is 43.4 Å². The molecule has 40 heavy (non-hydrogen) atoms. The standard InChI is InChI=1S/C30H31N5O4S/c1-4-21-15-35(16-24-26(39-21)7-8-27(36)31-24)14-20-12-19(11-18-9-10-40-30(18)20)23(13-28(37)38)22-5-6-25-29(17(22)2)32-33-34(25)3/h5-12,21,23H,4,13-16H2,1-3H3,(H,31,36)(H,37,38)/t21-,23?/m1/s1. The van der Waals surface area contributed by atoms with Crippen molar-refractivity contribution in [3.8, 4) is 11.6 Å². The Labute approximate surface area is 235 Å². The van der Waals surface area contributed by atoms with Crippen LogP contribution >= 0.6 is 11.3 Å². The third-order valence-corrected chi connectivity index (χ3v) is 8.79. The number of aromatic nitrogens is 4. The van der Waals surface area contributed by atoms with E-state index < -0.39 is 5.97 Å². The summed E-state index contributed by atoms with van der Waals surface area (Å²) in [4.78, 5) is 18.8. The molecule has 0 amide bonds. The highest BCUT2D eigenvalue weighted by atomic mass is 32.1. The maximum absolute atomic E-state index is 12.1. The molecule has 5 aromatic rings. The Morgan fingerprint density at radius 3 is 2.88 bits per heavy atom. The first kappa shape index (κ1) is 26.2. The van der Waals surface area contributed by atoms with Crippen LogP contribution in [0.25, 0.3) is 21.1 Å². The summed E-state index contributed by atoms with van der Waals surface area (Å²) < 4.78 is 9.14. The molecule has 0 fully saturated rings. The minimum atomic E-state index is -0.853. The molecule has 3 aromatic heterocycles. The van der Waals surface area contributed by atoms with Gasteiger partial charge in [0.2, 0.25) is 5.88 Å². The lowest BCUT2D eigenvalue weighted by atomic mass is 9.84. The molecule has 0 spiro atoms. The Kier molecular flexibility index (Phi) is 6.89. The quantitative estimate of drug-likeness (QED) is 0.275. The summed E-state index contributed by atoms with van der Waals surface area (Å²) >= 11 is 1.69. The fourth-order valence-electron chi connectivity index (χ4n) is 5.76. The van der Waals surface area contributed by atoms with E-state index in [4.69, 9.17) is 4.74 Å². The zero-order valence-corrected chi connectivity index (χ0v) is 23.5. The van der Waals surface area contributed by atoms with E-state index in [1.165, 1.54) is 4.70 Å². The van der Waals surface area contributed by atoms with Crippen LogP contribution in [0.1, 0.15) is 53.6 Å². The Morgan fingerprint density at radius 1 is 1.23 bits per heavy atom. The number of thiophene rings is 1. The van der Waals surface area contributed by atoms with E-state index in [0.717, 1.165) is 45.1 Å². The van der Waals surface area contributed by atoms with Crippen LogP contribution in [0.3, 0.4) is 0 Å². The first-order valence-electron chi connectivity index (χ1n) is 13.4. The third kappa shape index (κ3) is 4.89. The summed E-state index contributed by atoms with van der Waals surface area (Å²) in [7, 11) is 1.85. The minimum absolute atomic E-state index is 0.00396. The smallest absolute Gasteiger partial charge is 0.304 e.